The Hall–Kier alpha value is -0.950. The van der Waals surface area contributed by atoms with Crippen LogP contribution in [0.2, 0.25) is 0 Å². The molecule has 0 atom stereocenters. The van der Waals surface area contributed by atoms with Crippen LogP contribution in [0, 0.1) is 0 Å². The van der Waals surface area contributed by atoms with E-state index >= 15 is 0 Å². The Morgan fingerprint density at radius 1 is 1.00 bits per heavy atom. The number of hydrogen-bond donors (Lipinski definition) is 0. The fourth-order valence-corrected chi connectivity index (χ4v) is 3.16. The molecule has 0 aromatic heterocycles. The highest BCUT2D eigenvalue weighted by Crippen LogP contribution is 2.15. The van der Waals surface area contributed by atoms with Gasteiger partial charge in [0, 0.05) is 33.9 Å². The zero-order chi connectivity index (χ0) is 14.1. The molecule has 19 heavy (non-hydrogen) atoms. The smallest absolute Gasteiger partial charge is 0.243 e. The van der Waals surface area contributed by atoms with Crippen LogP contribution in [0.5, 0.6) is 0 Å². The first-order valence-corrected chi connectivity index (χ1v) is 7.60. The second-order valence-electron chi connectivity index (χ2n) is 4.06. The van der Waals surface area contributed by atoms with Crippen molar-refractivity contribution in [3.05, 3.63) is 30.3 Å². The van der Waals surface area contributed by atoms with Crippen LogP contribution in [-0.4, -0.2) is 53.2 Å². The van der Waals surface area contributed by atoms with E-state index in [1.54, 1.807) is 44.6 Å². The summed E-state index contributed by atoms with van der Waals surface area (Å²) in [5.74, 6) is 0. The molecule has 108 valence electrons. The molecule has 6 heteroatoms. The predicted molar refractivity (Wildman–Crippen MR) is 73.6 cm³/mol. The first-order valence-electron chi connectivity index (χ1n) is 6.16. The van der Waals surface area contributed by atoms with Crippen LogP contribution in [0.1, 0.15) is 6.42 Å². The number of rotatable bonds is 9. The minimum Gasteiger partial charge on any atom is -0.385 e. The minimum absolute atomic E-state index is 0.309. The lowest BCUT2D eigenvalue weighted by Gasteiger charge is -2.21. The second kappa shape index (κ2) is 8.27. The zero-order valence-corrected chi connectivity index (χ0v) is 12.2. The van der Waals surface area contributed by atoms with E-state index in [0.717, 1.165) is 0 Å². The van der Waals surface area contributed by atoms with Crippen LogP contribution in [0.25, 0.3) is 0 Å². The van der Waals surface area contributed by atoms with E-state index in [4.69, 9.17) is 9.47 Å². The SMILES string of the molecule is COCCCN(CCOC)S(=O)(=O)c1ccccc1. The van der Waals surface area contributed by atoms with Crippen molar-refractivity contribution >= 4 is 10.0 Å². The number of sulfonamides is 1. The maximum absolute atomic E-state index is 12.5. The molecule has 1 aromatic rings. The highest BCUT2D eigenvalue weighted by Gasteiger charge is 2.23. The maximum atomic E-state index is 12.5. The summed E-state index contributed by atoms with van der Waals surface area (Å²) in [6, 6.07) is 8.44. The quantitative estimate of drug-likeness (QED) is 0.644. The minimum atomic E-state index is -3.46. The third-order valence-electron chi connectivity index (χ3n) is 2.68. The van der Waals surface area contributed by atoms with E-state index < -0.39 is 10.0 Å². The molecular weight excluding hydrogens is 266 g/mol. The van der Waals surface area contributed by atoms with Gasteiger partial charge in [-0.1, -0.05) is 18.2 Å². The van der Waals surface area contributed by atoms with E-state index in [1.165, 1.54) is 4.31 Å². The summed E-state index contributed by atoms with van der Waals surface area (Å²) in [7, 11) is -0.296. The Kier molecular flexibility index (Phi) is 7.01. The van der Waals surface area contributed by atoms with Crippen molar-refractivity contribution < 1.29 is 17.9 Å². The molecule has 5 nitrogen and oxygen atoms in total. The molecule has 0 aliphatic heterocycles. The average Bonchev–Trinajstić information content (AvgIpc) is 2.43. The molecule has 0 aliphatic rings. The van der Waals surface area contributed by atoms with Crippen molar-refractivity contribution in [2.24, 2.45) is 0 Å². The summed E-state index contributed by atoms with van der Waals surface area (Å²) >= 11 is 0. The molecule has 1 rings (SSSR count). The van der Waals surface area contributed by atoms with Crippen LogP contribution in [0.4, 0.5) is 0 Å². The fraction of sp³-hybridized carbons (Fsp3) is 0.538. The normalized spacial score (nSPS) is 11.9. The number of hydrogen-bond acceptors (Lipinski definition) is 4. The van der Waals surface area contributed by atoms with Gasteiger partial charge in [0.25, 0.3) is 0 Å². The van der Waals surface area contributed by atoms with Gasteiger partial charge in [0.1, 0.15) is 0 Å². The number of ether oxygens (including phenoxy) is 2. The summed E-state index contributed by atoms with van der Waals surface area (Å²) in [6.45, 7) is 1.68. The van der Waals surface area contributed by atoms with Crippen molar-refractivity contribution in [1.29, 1.82) is 0 Å². The van der Waals surface area contributed by atoms with Gasteiger partial charge in [0.05, 0.1) is 11.5 Å². The van der Waals surface area contributed by atoms with Crippen LogP contribution in [-0.2, 0) is 19.5 Å². The molecule has 0 heterocycles. The highest BCUT2D eigenvalue weighted by molar-refractivity contribution is 7.89. The van der Waals surface area contributed by atoms with Crippen LogP contribution in [0.15, 0.2) is 35.2 Å². The number of benzene rings is 1. The first-order chi connectivity index (χ1) is 9.12. The van der Waals surface area contributed by atoms with Gasteiger partial charge in [-0.2, -0.15) is 4.31 Å². The van der Waals surface area contributed by atoms with E-state index in [-0.39, 0.29) is 0 Å². The lowest BCUT2D eigenvalue weighted by molar-refractivity contribution is 0.164. The van der Waals surface area contributed by atoms with E-state index in [0.29, 0.717) is 37.6 Å². The fourth-order valence-electron chi connectivity index (χ4n) is 1.67. The third-order valence-corrected chi connectivity index (χ3v) is 4.59. The van der Waals surface area contributed by atoms with Gasteiger partial charge >= 0.3 is 0 Å². The average molecular weight is 287 g/mol. The van der Waals surface area contributed by atoms with Gasteiger partial charge in [0.2, 0.25) is 10.0 Å². The summed E-state index contributed by atoms with van der Waals surface area (Å²) in [4.78, 5) is 0.309. The molecule has 0 N–H and O–H groups in total. The molecule has 0 saturated carbocycles. The van der Waals surface area contributed by atoms with Crippen molar-refractivity contribution in [2.75, 3.05) is 40.5 Å². The molecule has 0 unspecified atom stereocenters. The third kappa shape index (κ3) is 4.91. The topological polar surface area (TPSA) is 55.8 Å². The molecule has 0 aliphatic carbocycles. The maximum Gasteiger partial charge on any atom is 0.243 e. The highest BCUT2D eigenvalue weighted by atomic mass is 32.2. The Morgan fingerprint density at radius 3 is 2.21 bits per heavy atom. The first kappa shape index (κ1) is 16.1. The van der Waals surface area contributed by atoms with E-state index in [2.05, 4.69) is 0 Å². The van der Waals surface area contributed by atoms with E-state index in [1.807, 2.05) is 0 Å². The van der Waals surface area contributed by atoms with E-state index in [9.17, 15) is 8.42 Å². The summed E-state index contributed by atoms with van der Waals surface area (Å²) < 4.78 is 36.3. The van der Waals surface area contributed by atoms with Gasteiger partial charge in [-0.3, -0.25) is 0 Å². The Balaban J connectivity index is 2.82. The Labute approximate surface area is 115 Å². The van der Waals surface area contributed by atoms with Crippen molar-refractivity contribution in [3.8, 4) is 0 Å². The molecule has 0 bridgehead atoms. The number of nitrogens with zero attached hydrogens (tertiary/aromatic N) is 1. The van der Waals surface area contributed by atoms with Crippen molar-refractivity contribution in [1.82, 2.24) is 4.31 Å². The second-order valence-corrected chi connectivity index (χ2v) is 5.99. The van der Waals surface area contributed by atoms with Gasteiger partial charge in [-0.25, -0.2) is 8.42 Å². The van der Waals surface area contributed by atoms with Crippen LogP contribution < -0.4 is 0 Å². The molecule has 0 spiro atoms. The molecule has 1 aromatic carbocycles. The van der Waals surface area contributed by atoms with Gasteiger partial charge in [0.15, 0.2) is 0 Å². The largest absolute Gasteiger partial charge is 0.385 e. The van der Waals surface area contributed by atoms with Gasteiger partial charge in [-0.15, -0.1) is 0 Å². The standard InChI is InChI=1S/C13H21NO4S/c1-17-11-6-9-14(10-12-18-2)19(15,16)13-7-4-3-5-8-13/h3-5,7-8H,6,9-12H2,1-2H3. The molecule has 0 amide bonds. The predicted octanol–water partition coefficient (Wildman–Crippen LogP) is 1.36. The zero-order valence-electron chi connectivity index (χ0n) is 11.4. The van der Waals surface area contributed by atoms with Gasteiger partial charge < -0.3 is 9.47 Å². The van der Waals surface area contributed by atoms with Crippen LogP contribution >= 0.6 is 0 Å². The molecular formula is C13H21NO4S. The summed E-state index contributed by atoms with van der Waals surface area (Å²) in [5, 5.41) is 0. The lowest BCUT2D eigenvalue weighted by atomic mass is 10.4. The van der Waals surface area contributed by atoms with Gasteiger partial charge in [-0.05, 0) is 18.6 Å². The Bertz CT molecular complexity index is 447. The summed E-state index contributed by atoms with van der Waals surface area (Å²) in [6.07, 6.45) is 0.659. The molecule has 0 radical (unpaired) electrons. The monoisotopic (exact) mass is 287 g/mol. The van der Waals surface area contributed by atoms with Crippen molar-refractivity contribution in [3.63, 3.8) is 0 Å². The Morgan fingerprint density at radius 2 is 1.63 bits per heavy atom. The summed E-state index contributed by atoms with van der Waals surface area (Å²) in [5.41, 5.74) is 0. The van der Waals surface area contributed by atoms with Crippen LogP contribution in [0.3, 0.4) is 0 Å². The molecule has 0 fully saturated rings. The number of methoxy groups -OCH3 is 2. The van der Waals surface area contributed by atoms with Crippen molar-refractivity contribution in [2.45, 2.75) is 11.3 Å². The molecule has 0 saturated heterocycles. The lowest BCUT2D eigenvalue weighted by Crippen LogP contribution is -2.35.